The Morgan fingerprint density at radius 1 is 1.33 bits per heavy atom. The number of nitrogens with two attached hydrogens (primary N) is 1. The molecule has 1 aromatic carbocycles. The van der Waals surface area contributed by atoms with Crippen molar-refractivity contribution in [2.24, 2.45) is 5.73 Å². The number of nitrogens with zero attached hydrogens (tertiary/aromatic N) is 1. The molecule has 0 spiro atoms. The number of oxazole rings is 1. The molecule has 0 aliphatic heterocycles. The summed E-state index contributed by atoms with van der Waals surface area (Å²) in [4.78, 5) is 3.82. The third-order valence-electron chi connectivity index (χ3n) is 1.92. The van der Waals surface area contributed by atoms with Gasteiger partial charge in [-0.15, -0.1) is 0 Å². The lowest BCUT2D eigenvalue weighted by Crippen LogP contribution is -1.94. The van der Waals surface area contributed by atoms with Crippen molar-refractivity contribution >= 4 is 0 Å². The topological polar surface area (TPSA) is 52.0 Å². The van der Waals surface area contributed by atoms with E-state index in [-0.39, 0.29) is 17.9 Å². The van der Waals surface area contributed by atoms with E-state index in [2.05, 4.69) is 4.98 Å². The first-order chi connectivity index (χ1) is 7.20. The molecule has 0 bridgehead atoms. The van der Waals surface area contributed by atoms with Gasteiger partial charge in [-0.05, 0) is 12.1 Å². The molecular weight excluding hydrogens is 202 g/mol. The smallest absolute Gasteiger partial charge is 0.208 e. The van der Waals surface area contributed by atoms with E-state index in [1.165, 1.54) is 12.3 Å². The quantitative estimate of drug-likeness (QED) is 0.825. The van der Waals surface area contributed by atoms with Crippen LogP contribution in [0.25, 0.3) is 11.3 Å². The minimum absolute atomic E-state index is 0.142. The molecule has 2 aromatic rings. The van der Waals surface area contributed by atoms with Crippen LogP contribution in [0.3, 0.4) is 0 Å². The van der Waals surface area contributed by atoms with Crippen LogP contribution < -0.4 is 5.73 Å². The lowest BCUT2D eigenvalue weighted by Gasteiger charge is -1.98. The maximum Gasteiger partial charge on any atom is 0.208 e. The van der Waals surface area contributed by atoms with Crippen LogP contribution in [0, 0.1) is 11.6 Å². The number of halogens is 2. The first-order valence-electron chi connectivity index (χ1n) is 4.31. The van der Waals surface area contributed by atoms with Gasteiger partial charge in [-0.1, -0.05) is 0 Å². The Morgan fingerprint density at radius 3 is 2.73 bits per heavy atom. The van der Waals surface area contributed by atoms with E-state index in [1.54, 1.807) is 0 Å². The summed E-state index contributed by atoms with van der Waals surface area (Å²) in [5.74, 6) is -0.758. The molecule has 15 heavy (non-hydrogen) atoms. The maximum absolute atomic E-state index is 13.3. The summed E-state index contributed by atoms with van der Waals surface area (Å²) in [5, 5.41) is 0. The zero-order valence-electron chi connectivity index (χ0n) is 7.71. The molecule has 0 radical (unpaired) electrons. The second-order valence-corrected chi connectivity index (χ2v) is 2.95. The van der Waals surface area contributed by atoms with Crippen molar-refractivity contribution in [1.29, 1.82) is 0 Å². The third kappa shape index (κ3) is 1.87. The molecule has 0 saturated carbocycles. The van der Waals surface area contributed by atoms with E-state index in [0.29, 0.717) is 5.89 Å². The molecule has 3 nitrogen and oxygen atoms in total. The average molecular weight is 210 g/mol. The highest BCUT2D eigenvalue weighted by Crippen LogP contribution is 2.23. The Morgan fingerprint density at radius 2 is 2.13 bits per heavy atom. The van der Waals surface area contributed by atoms with Crippen LogP contribution in [0.15, 0.2) is 28.8 Å². The van der Waals surface area contributed by atoms with Crippen molar-refractivity contribution < 1.29 is 13.2 Å². The normalized spacial score (nSPS) is 10.6. The SMILES string of the molecule is NCc1ncc(-c2ccc(F)cc2F)o1. The first kappa shape index (κ1) is 9.79. The predicted octanol–water partition coefficient (Wildman–Crippen LogP) is 2.08. The molecule has 1 aromatic heterocycles. The third-order valence-corrected chi connectivity index (χ3v) is 1.92. The molecule has 0 aliphatic rings. The van der Waals surface area contributed by atoms with E-state index < -0.39 is 11.6 Å². The number of hydrogen-bond donors (Lipinski definition) is 1. The van der Waals surface area contributed by atoms with Gasteiger partial charge in [0.1, 0.15) is 11.6 Å². The highest BCUT2D eigenvalue weighted by Gasteiger charge is 2.10. The highest BCUT2D eigenvalue weighted by molar-refractivity contribution is 5.57. The summed E-state index contributed by atoms with van der Waals surface area (Å²) in [6.07, 6.45) is 1.36. The Labute approximate surface area is 84.5 Å². The van der Waals surface area contributed by atoms with Crippen LogP contribution in [-0.2, 0) is 6.54 Å². The second-order valence-electron chi connectivity index (χ2n) is 2.95. The fourth-order valence-corrected chi connectivity index (χ4v) is 1.22. The van der Waals surface area contributed by atoms with E-state index in [9.17, 15) is 8.78 Å². The summed E-state index contributed by atoms with van der Waals surface area (Å²) in [7, 11) is 0. The predicted molar refractivity (Wildman–Crippen MR) is 49.7 cm³/mol. The summed E-state index contributed by atoms with van der Waals surface area (Å²) in [6.45, 7) is 0.142. The van der Waals surface area contributed by atoms with Crippen molar-refractivity contribution in [2.75, 3.05) is 0 Å². The Hall–Kier alpha value is -1.75. The Kier molecular flexibility index (Phi) is 2.47. The van der Waals surface area contributed by atoms with Crippen LogP contribution in [-0.4, -0.2) is 4.98 Å². The molecule has 0 atom stereocenters. The average Bonchev–Trinajstić information content (AvgIpc) is 2.66. The molecule has 0 amide bonds. The maximum atomic E-state index is 13.3. The Balaban J connectivity index is 2.44. The fraction of sp³-hybridized carbons (Fsp3) is 0.100. The van der Waals surface area contributed by atoms with Gasteiger partial charge in [0.05, 0.1) is 18.3 Å². The van der Waals surface area contributed by atoms with Gasteiger partial charge in [0.25, 0.3) is 0 Å². The van der Waals surface area contributed by atoms with Gasteiger partial charge in [-0.25, -0.2) is 13.8 Å². The molecular formula is C10H8F2N2O. The highest BCUT2D eigenvalue weighted by atomic mass is 19.1. The lowest BCUT2D eigenvalue weighted by atomic mass is 10.2. The summed E-state index contributed by atoms with van der Waals surface area (Å²) in [5.41, 5.74) is 5.46. The van der Waals surface area contributed by atoms with Crippen molar-refractivity contribution in [1.82, 2.24) is 4.98 Å². The zero-order chi connectivity index (χ0) is 10.8. The lowest BCUT2D eigenvalue weighted by molar-refractivity contribution is 0.504. The second kappa shape index (κ2) is 3.78. The minimum Gasteiger partial charge on any atom is -0.439 e. The number of benzene rings is 1. The van der Waals surface area contributed by atoms with Crippen LogP contribution in [0.1, 0.15) is 5.89 Å². The van der Waals surface area contributed by atoms with Crippen molar-refractivity contribution in [3.63, 3.8) is 0 Å². The van der Waals surface area contributed by atoms with Crippen LogP contribution in [0.4, 0.5) is 8.78 Å². The van der Waals surface area contributed by atoms with Crippen molar-refractivity contribution in [3.8, 4) is 11.3 Å². The van der Waals surface area contributed by atoms with E-state index >= 15 is 0 Å². The number of aromatic nitrogens is 1. The van der Waals surface area contributed by atoms with Gasteiger partial charge in [0.15, 0.2) is 5.76 Å². The fourth-order valence-electron chi connectivity index (χ4n) is 1.22. The van der Waals surface area contributed by atoms with Crippen LogP contribution in [0.2, 0.25) is 0 Å². The van der Waals surface area contributed by atoms with Gasteiger partial charge in [-0.3, -0.25) is 0 Å². The molecule has 0 unspecified atom stereocenters. The van der Waals surface area contributed by atoms with Gasteiger partial charge in [-0.2, -0.15) is 0 Å². The minimum atomic E-state index is -0.685. The van der Waals surface area contributed by atoms with Crippen molar-refractivity contribution in [2.45, 2.75) is 6.54 Å². The largest absolute Gasteiger partial charge is 0.439 e. The summed E-state index contributed by atoms with van der Waals surface area (Å²) < 4.78 is 31.1. The summed E-state index contributed by atoms with van der Waals surface area (Å²) >= 11 is 0. The van der Waals surface area contributed by atoms with Crippen LogP contribution in [0.5, 0.6) is 0 Å². The number of rotatable bonds is 2. The Bertz CT molecular complexity index is 482. The molecule has 2 rings (SSSR count). The van der Waals surface area contributed by atoms with Gasteiger partial charge >= 0.3 is 0 Å². The van der Waals surface area contributed by atoms with Crippen molar-refractivity contribution in [3.05, 3.63) is 41.9 Å². The molecule has 1 heterocycles. The molecule has 0 saturated heterocycles. The van der Waals surface area contributed by atoms with E-state index in [1.807, 2.05) is 0 Å². The molecule has 5 heteroatoms. The molecule has 0 aliphatic carbocycles. The van der Waals surface area contributed by atoms with Gasteiger partial charge < -0.3 is 10.2 Å². The standard InChI is InChI=1S/C10H8F2N2O/c11-6-1-2-7(8(12)3-6)9-5-14-10(4-13)15-9/h1-3,5H,4,13H2. The molecule has 0 fully saturated rings. The molecule has 78 valence electrons. The zero-order valence-corrected chi connectivity index (χ0v) is 7.71. The monoisotopic (exact) mass is 210 g/mol. The number of hydrogen-bond acceptors (Lipinski definition) is 3. The van der Waals surface area contributed by atoms with E-state index in [0.717, 1.165) is 12.1 Å². The van der Waals surface area contributed by atoms with Crippen LogP contribution >= 0.6 is 0 Å². The van der Waals surface area contributed by atoms with Gasteiger partial charge in [0.2, 0.25) is 5.89 Å². The van der Waals surface area contributed by atoms with Gasteiger partial charge in [0, 0.05) is 6.07 Å². The summed E-state index contributed by atoms with van der Waals surface area (Å²) in [6, 6.07) is 3.24. The molecule has 2 N–H and O–H groups in total. The van der Waals surface area contributed by atoms with E-state index in [4.69, 9.17) is 10.2 Å². The first-order valence-corrected chi connectivity index (χ1v) is 4.31.